The lowest BCUT2D eigenvalue weighted by atomic mass is 10.0. The molecule has 1 atom stereocenters. The van der Waals surface area contributed by atoms with E-state index < -0.39 is 6.10 Å². The highest BCUT2D eigenvalue weighted by molar-refractivity contribution is 5.95. The van der Waals surface area contributed by atoms with Gasteiger partial charge in [-0.2, -0.15) is 0 Å². The third-order valence-corrected chi connectivity index (χ3v) is 4.17. The van der Waals surface area contributed by atoms with Crippen LogP contribution in [-0.4, -0.2) is 17.9 Å². The van der Waals surface area contributed by atoms with Gasteiger partial charge in [-0.25, -0.2) is 0 Å². The topological polar surface area (TPSA) is 67.4 Å². The highest BCUT2D eigenvalue weighted by atomic mass is 16.5. The Morgan fingerprint density at radius 2 is 1.22 bits per heavy atom. The molecule has 0 saturated heterocycles. The van der Waals surface area contributed by atoms with Crippen LogP contribution in [0.2, 0.25) is 0 Å². The average molecular weight is 368 g/mol. The van der Waals surface area contributed by atoms with Gasteiger partial charge in [0.15, 0.2) is 6.10 Å². The first-order valence-corrected chi connectivity index (χ1v) is 9.24. The van der Waals surface area contributed by atoms with Crippen LogP contribution in [0, 0.1) is 5.92 Å². The highest BCUT2D eigenvalue weighted by Gasteiger charge is 2.15. The Labute approximate surface area is 161 Å². The summed E-state index contributed by atoms with van der Waals surface area (Å²) in [6.07, 6.45) is -0.629. The summed E-state index contributed by atoms with van der Waals surface area (Å²) in [6, 6.07) is 14.8. The number of amides is 2. The smallest absolute Gasteiger partial charge is 0.265 e. The number of ether oxygens (including phenoxy) is 1. The molecule has 0 heterocycles. The van der Waals surface area contributed by atoms with E-state index in [0.717, 1.165) is 0 Å². The van der Waals surface area contributed by atoms with Gasteiger partial charge >= 0.3 is 0 Å². The monoisotopic (exact) mass is 368 g/mol. The number of carbonyl (C=O) groups is 2. The van der Waals surface area contributed by atoms with Crippen molar-refractivity contribution in [3.8, 4) is 5.75 Å². The summed E-state index contributed by atoms with van der Waals surface area (Å²) in [6.45, 7) is 9.64. The van der Waals surface area contributed by atoms with E-state index in [2.05, 4.69) is 24.5 Å². The van der Waals surface area contributed by atoms with Crippen LogP contribution in [0.3, 0.4) is 0 Å². The van der Waals surface area contributed by atoms with Crippen LogP contribution in [0.4, 0.5) is 11.4 Å². The molecule has 2 aromatic rings. The first kappa shape index (κ1) is 20.5. The van der Waals surface area contributed by atoms with E-state index in [1.807, 2.05) is 38.1 Å². The van der Waals surface area contributed by atoms with Gasteiger partial charge in [0.2, 0.25) is 5.91 Å². The minimum atomic E-state index is -0.629. The van der Waals surface area contributed by atoms with E-state index in [1.165, 1.54) is 5.56 Å². The highest BCUT2D eigenvalue weighted by Crippen LogP contribution is 2.20. The fourth-order valence-corrected chi connectivity index (χ4v) is 2.36. The van der Waals surface area contributed by atoms with Gasteiger partial charge in [0.1, 0.15) is 5.75 Å². The molecule has 2 aromatic carbocycles. The molecule has 0 saturated carbocycles. The van der Waals surface area contributed by atoms with Gasteiger partial charge in [-0.1, -0.05) is 39.8 Å². The molecule has 1 unspecified atom stereocenters. The van der Waals surface area contributed by atoms with Crippen LogP contribution >= 0.6 is 0 Å². The Bertz CT molecular complexity index is 765. The van der Waals surface area contributed by atoms with Crippen LogP contribution in [0.1, 0.15) is 46.1 Å². The van der Waals surface area contributed by atoms with Gasteiger partial charge in [-0.15, -0.1) is 0 Å². The minimum absolute atomic E-state index is 0.0442. The fraction of sp³-hybridized carbons (Fsp3) is 0.364. The molecule has 0 aliphatic carbocycles. The Balaban J connectivity index is 1.90. The van der Waals surface area contributed by atoms with Crippen molar-refractivity contribution in [2.24, 2.45) is 5.92 Å². The standard InChI is InChI=1S/C22H28N2O3/c1-14(2)17-6-12-20(13-7-17)27-16(5)22(26)24-19-10-8-18(9-11-19)23-21(25)15(3)4/h6-16H,1-5H3,(H,23,25)(H,24,26). The average Bonchev–Trinajstić information content (AvgIpc) is 2.63. The van der Waals surface area contributed by atoms with Crippen LogP contribution in [-0.2, 0) is 9.59 Å². The molecular weight excluding hydrogens is 340 g/mol. The SMILES string of the molecule is CC(C)C(=O)Nc1ccc(NC(=O)C(C)Oc2ccc(C(C)C)cc2)cc1. The van der Waals surface area contributed by atoms with E-state index in [9.17, 15) is 9.59 Å². The van der Waals surface area contributed by atoms with Crippen LogP contribution < -0.4 is 15.4 Å². The van der Waals surface area contributed by atoms with E-state index in [-0.39, 0.29) is 17.7 Å². The number of carbonyl (C=O) groups excluding carboxylic acids is 2. The molecule has 5 nitrogen and oxygen atoms in total. The van der Waals surface area contributed by atoms with Gasteiger partial charge in [0.25, 0.3) is 5.91 Å². The summed E-state index contributed by atoms with van der Waals surface area (Å²) in [5.41, 5.74) is 2.57. The minimum Gasteiger partial charge on any atom is -0.481 e. The molecule has 0 bridgehead atoms. The predicted octanol–water partition coefficient (Wildman–Crippen LogP) is 4.81. The van der Waals surface area contributed by atoms with Crippen molar-refractivity contribution in [2.75, 3.05) is 10.6 Å². The zero-order valence-electron chi connectivity index (χ0n) is 16.6. The molecule has 0 spiro atoms. The molecule has 0 aliphatic rings. The molecule has 27 heavy (non-hydrogen) atoms. The van der Waals surface area contributed by atoms with E-state index in [4.69, 9.17) is 4.74 Å². The zero-order valence-corrected chi connectivity index (χ0v) is 16.6. The maximum atomic E-state index is 12.3. The number of rotatable bonds is 7. The van der Waals surface area contributed by atoms with Crippen molar-refractivity contribution in [1.29, 1.82) is 0 Å². The number of nitrogens with one attached hydrogen (secondary N) is 2. The number of benzene rings is 2. The molecule has 0 aliphatic heterocycles. The molecule has 144 valence electrons. The summed E-state index contributed by atoms with van der Waals surface area (Å²) < 4.78 is 5.72. The maximum absolute atomic E-state index is 12.3. The van der Waals surface area contributed by atoms with E-state index in [0.29, 0.717) is 23.0 Å². The van der Waals surface area contributed by atoms with Gasteiger partial charge in [-0.05, 0) is 54.8 Å². The van der Waals surface area contributed by atoms with Crippen LogP contribution in [0.15, 0.2) is 48.5 Å². The molecule has 5 heteroatoms. The van der Waals surface area contributed by atoms with Crippen LogP contribution in [0.5, 0.6) is 5.75 Å². The second kappa shape index (κ2) is 9.21. The lowest BCUT2D eigenvalue weighted by Gasteiger charge is -2.16. The summed E-state index contributed by atoms with van der Waals surface area (Å²) in [5, 5.41) is 5.63. The van der Waals surface area contributed by atoms with Crippen LogP contribution in [0.25, 0.3) is 0 Å². The van der Waals surface area contributed by atoms with Crippen molar-refractivity contribution in [1.82, 2.24) is 0 Å². The lowest BCUT2D eigenvalue weighted by Crippen LogP contribution is -2.30. The summed E-state index contributed by atoms with van der Waals surface area (Å²) in [7, 11) is 0. The van der Waals surface area contributed by atoms with Crippen molar-refractivity contribution < 1.29 is 14.3 Å². The van der Waals surface area contributed by atoms with Crippen molar-refractivity contribution in [2.45, 2.75) is 46.6 Å². The first-order chi connectivity index (χ1) is 12.8. The number of hydrogen-bond acceptors (Lipinski definition) is 3. The Hall–Kier alpha value is -2.82. The first-order valence-electron chi connectivity index (χ1n) is 9.24. The summed E-state index contributed by atoms with van der Waals surface area (Å²) in [4.78, 5) is 24.0. The normalized spacial score (nSPS) is 12.0. The molecule has 2 N–H and O–H groups in total. The van der Waals surface area contributed by atoms with E-state index >= 15 is 0 Å². The third-order valence-electron chi connectivity index (χ3n) is 4.17. The van der Waals surface area contributed by atoms with Crippen molar-refractivity contribution in [3.05, 3.63) is 54.1 Å². The number of anilines is 2. The number of hydrogen-bond donors (Lipinski definition) is 2. The van der Waals surface area contributed by atoms with Gasteiger partial charge < -0.3 is 15.4 Å². The lowest BCUT2D eigenvalue weighted by molar-refractivity contribution is -0.122. The van der Waals surface area contributed by atoms with E-state index in [1.54, 1.807) is 31.2 Å². The Morgan fingerprint density at radius 1 is 0.741 bits per heavy atom. The molecule has 0 radical (unpaired) electrons. The Morgan fingerprint density at radius 3 is 1.67 bits per heavy atom. The predicted molar refractivity (Wildman–Crippen MR) is 109 cm³/mol. The summed E-state index contributed by atoms with van der Waals surface area (Å²) >= 11 is 0. The molecule has 0 aromatic heterocycles. The van der Waals surface area contributed by atoms with Gasteiger partial charge in [0, 0.05) is 17.3 Å². The largest absolute Gasteiger partial charge is 0.481 e. The maximum Gasteiger partial charge on any atom is 0.265 e. The molecule has 2 amide bonds. The van der Waals surface area contributed by atoms with Gasteiger partial charge in [0.05, 0.1) is 0 Å². The fourth-order valence-electron chi connectivity index (χ4n) is 2.36. The Kier molecular flexibility index (Phi) is 6.99. The van der Waals surface area contributed by atoms with Crippen molar-refractivity contribution >= 4 is 23.2 Å². The molecule has 2 rings (SSSR count). The second-order valence-electron chi connectivity index (χ2n) is 7.19. The molecular formula is C22H28N2O3. The zero-order chi connectivity index (χ0) is 20.0. The third kappa shape index (κ3) is 6.13. The van der Waals surface area contributed by atoms with Crippen molar-refractivity contribution in [3.63, 3.8) is 0 Å². The molecule has 0 fully saturated rings. The quantitative estimate of drug-likeness (QED) is 0.737. The second-order valence-corrected chi connectivity index (χ2v) is 7.19. The van der Waals surface area contributed by atoms with Gasteiger partial charge in [-0.3, -0.25) is 9.59 Å². The summed E-state index contributed by atoms with van der Waals surface area (Å²) in [5.74, 6) is 0.748.